The van der Waals surface area contributed by atoms with Gasteiger partial charge in [0.15, 0.2) is 11.5 Å². The van der Waals surface area contributed by atoms with Gasteiger partial charge in [0.2, 0.25) is 0 Å². The lowest BCUT2D eigenvalue weighted by atomic mass is 10.2. The maximum Gasteiger partial charge on any atom is 0.172 e. The maximum absolute atomic E-state index is 9.64. The van der Waals surface area contributed by atoms with Crippen molar-refractivity contribution in [3.05, 3.63) is 22.2 Å². The van der Waals surface area contributed by atoms with Crippen molar-refractivity contribution in [2.24, 2.45) is 0 Å². The second-order valence-corrected chi connectivity index (χ2v) is 4.51. The second-order valence-electron chi connectivity index (χ2n) is 3.66. The predicted molar refractivity (Wildman–Crippen MR) is 76.2 cm³/mol. The van der Waals surface area contributed by atoms with E-state index in [1.54, 1.807) is 7.11 Å². The number of hydrogen-bond donors (Lipinski definition) is 2. The van der Waals surface area contributed by atoms with Crippen molar-refractivity contribution in [3.8, 4) is 11.5 Å². The zero-order valence-corrected chi connectivity index (χ0v) is 12.5. The number of ether oxygens (including phenoxy) is 1. The Balaban J connectivity index is 0.00000256. The molecular formula is C12H19BrClNO2. The van der Waals surface area contributed by atoms with Crippen molar-refractivity contribution in [2.75, 3.05) is 13.7 Å². The van der Waals surface area contributed by atoms with Crippen LogP contribution in [0.2, 0.25) is 0 Å². The molecule has 0 atom stereocenters. The number of aromatic hydroxyl groups is 1. The summed E-state index contributed by atoms with van der Waals surface area (Å²) in [5.41, 5.74) is 1.10. The molecule has 1 aromatic rings. The van der Waals surface area contributed by atoms with Crippen LogP contribution in [-0.2, 0) is 6.54 Å². The quantitative estimate of drug-likeness (QED) is 0.787. The van der Waals surface area contributed by atoms with Gasteiger partial charge in [-0.1, -0.05) is 13.3 Å². The molecule has 98 valence electrons. The van der Waals surface area contributed by atoms with Crippen LogP contribution in [0.15, 0.2) is 16.6 Å². The topological polar surface area (TPSA) is 41.5 Å². The summed E-state index contributed by atoms with van der Waals surface area (Å²) in [6, 6.07) is 3.75. The fraction of sp³-hybridized carbons (Fsp3) is 0.500. The number of methoxy groups -OCH3 is 1. The molecule has 0 saturated carbocycles. The molecule has 0 aromatic heterocycles. The predicted octanol–water partition coefficient (Wildman–Crippen LogP) is 3.47. The third kappa shape index (κ3) is 5.15. The smallest absolute Gasteiger partial charge is 0.172 e. The lowest BCUT2D eigenvalue weighted by Crippen LogP contribution is -2.14. The van der Waals surface area contributed by atoms with Crippen LogP contribution in [0.5, 0.6) is 11.5 Å². The number of hydrogen-bond acceptors (Lipinski definition) is 3. The van der Waals surface area contributed by atoms with Gasteiger partial charge in [0.25, 0.3) is 0 Å². The summed E-state index contributed by atoms with van der Waals surface area (Å²) in [5.74, 6) is 0.654. The molecule has 0 radical (unpaired) electrons. The van der Waals surface area contributed by atoms with Crippen molar-refractivity contribution in [3.63, 3.8) is 0 Å². The molecule has 0 saturated heterocycles. The normalized spacial score (nSPS) is 9.82. The van der Waals surface area contributed by atoms with Crippen molar-refractivity contribution in [2.45, 2.75) is 26.3 Å². The summed E-state index contributed by atoms with van der Waals surface area (Å²) < 4.78 is 5.75. The Hall–Kier alpha value is -0.450. The van der Waals surface area contributed by atoms with E-state index in [0.29, 0.717) is 10.2 Å². The van der Waals surface area contributed by atoms with Crippen LogP contribution in [0.1, 0.15) is 25.3 Å². The zero-order valence-electron chi connectivity index (χ0n) is 10.1. The van der Waals surface area contributed by atoms with Crippen LogP contribution in [0, 0.1) is 0 Å². The molecule has 0 aliphatic carbocycles. The SMILES string of the molecule is CCCCNCc1cc(Br)c(O)c(OC)c1.Cl. The third-order valence-electron chi connectivity index (χ3n) is 2.34. The van der Waals surface area contributed by atoms with E-state index in [1.165, 1.54) is 12.8 Å². The number of phenolic OH excluding ortho intramolecular Hbond substituents is 1. The summed E-state index contributed by atoms with van der Waals surface area (Å²) in [5, 5.41) is 13.0. The monoisotopic (exact) mass is 323 g/mol. The van der Waals surface area contributed by atoms with Crippen LogP contribution in [-0.4, -0.2) is 18.8 Å². The molecule has 17 heavy (non-hydrogen) atoms. The summed E-state index contributed by atoms with van der Waals surface area (Å²) in [6.07, 6.45) is 2.37. The largest absolute Gasteiger partial charge is 0.503 e. The van der Waals surface area contributed by atoms with Crippen molar-refractivity contribution < 1.29 is 9.84 Å². The molecule has 1 rings (SSSR count). The van der Waals surface area contributed by atoms with Gasteiger partial charge in [0, 0.05) is 6.54 Å². The first kappa shape index (κ1) is 16.6. The van der Waals surface area contributed by atoms with E-state index in [2.05, 4.69) is 28.2 Å². The zero-order chi connectivity index (χ0) is 12.0. The molecule has 0 aliphatic heterocycles. The number of nitrogens with one attached hydrogen (secondary N) is 1. The minimum atomic E-state index is 0. The number of benzene rings is 1. The Labute approximate surface area is 117 Å². The van der Waals surface area contributed by atoms with E-state index in [0.717, 1.165) is 18.7 Å². The molecule has 0 aliphatic rings. The summed E-state index contributed by atoms with van der Waals surface area (Å²) in [7, 11) is 1.55. The Bertz CT molecular complexity index is 348. The molecule has 0 spiro atoms. The van der Waals surface area contributed by atoms with Gasteiger partial charge < -0.3 is 15.2 Å². The summed E-state index contributed by atoms with van der Waals surface area (Å²) in [6.45, 7) is 3.97. The average Bonchev–Trinajstić information content (AvgIpc) is 2.29. The highest BCUT2D eigenvalue weighted by Gasteiger charge is 2.07. The first-order chi connectivity index (χ1) is 7.69. The van der Waals surface area contributed by atoms with E-state index in [-0.39, 0.29) is 18.2 Å². The fourth-order valence-corrected chi connectivity index (χ4v) is 1.91. The number of phenols is 1. The highest BCUT2D eigenvalue weighted by molar-refractivity contribution is 9.10. The van der Waals surface area contributed by atoms with Crippen LogP contribution in [0.3, 0.4) is 0 Å². The molecule has 3 nitrogen and oxygen atoms in total. The van der Waals surface area contributed by atoms with Gasteiger partial charge in [-0.2, -0.15) is 0 Å². The molecule has 0 amide bonds. The molecule has 1 aromatic carbocycles. The molecule has 5 heteroatoms. The van der Waals surface area contributed by atoms with Gasteiger partial charge in [-0.3, -0.25) is 0 Å². The van der Waals surface area contributed by atoms with Crippen LogP contribution in [0.25, 0.3) is 0 Å². The van der Waals surface area contributed by atoms with Gasteiger partial charge in [-0.05, 0) is 46.6 Å². The van der Waals surface area contributed by atoms with Crippen molar-refractivity contribution in [1.82, 2.24) is 5.32 Å². The van der Waals surface area contributed by atoms with Gasteiger partial charge >= 0.3 is 0 Å². The maximum atomic E-state index is 9.64. The van der Waals surface area contributed by atoms with Gasteiger partial charge in [-0.15, -0.1) is 12.4 Å². The minimum absolute atomic E-state index is 0. The number of rotatable bonds is 6. The minimum Gasteiger partial charge on any atom is -0.503 e. The van der Waals surface area contributed by atoms with Crippen LogP contribution >= 0.6 is 28.3 Å². The first-order valence-electron chi connectivity index (χ1n) is 5.45. The Morgan fingerprint density at radius 1 is 1.41 bits per heavy atom. The Morgan fingerprint density at radius 2 is 2.12 bits per heavy atom. The number of unbranched alkanes of at least 4 members (excludes halogenated alkanes) is 1. The van der Waals surface area contributed by atoms with Gasteiger partial charge in [0.05, 0.1) is 11.6 Å². The van der Waals surface area contributed by atoms with Gasteiger partial charge in [0.1, 0.15) is 0 Å². The first-order valence-corrected chi connectivity index (χ1v) is 6.24. The Kier molecular flexibility index (Phi) is 8.39. The summed E-state index contributed by atoms with van der Waals surface area (Å²) >= 11 is 3.30. The fourth-order valence-electron chi connectivity index (χ4n) is 1.42. The van der Waals surface area contributed by atoms with Crippen molar-refractivity contribution in [1.29, 1.82) is 0 Å². The highest BCUT2D eigenvalue weighted by Crippen LogP contribution is 2.35. The van der Waals surface area contributed by atoms with E-state index >= 15 is 0 Å². The van der Waals surface area contributed by atoms with Crippen molar-refractivity contribution >= 4 is 28.3 Å². The lowest BCUT2D eigenvalue weighted by molar-refractivity contribution is 0.371. The standard InChI is InChI=1S/C12H18BrNO2.ClH/c1-3-4-5-14-8-9-6-10(13)12(15)11(7-9)16-2;/h6-7,14-15H,3-5,8H2,1-2H3;1H. The van der Waals surface area contributed by atoms with E-state index in [9.17, 15) is 5.11 Å². The van der Waals surface area contributed by atoms with E-state index in [1.807, 2.05) is 12.1 Å². The molecule has 0 heterocycles. The molecule has 2 N–H and O–H groups in total. The van der Waals surface area contributed by atoms with Crippen LogP contribution < -0.4 is 10.1 Å². The lowest BCUT2D eigenvalue weighted by Gasteiger charge is -2.09. The molecular weight excluding hydrogens is 305 g/mol. The summed E-state index contributed by atoms with van der Waals surface area (Å²) in [4.78, 5) is 0. The second kappa shape index (κ2) is 8.61. The molecule has 0 fully saturated rings. The molecule has 0 unspecified atom stereocenters. The highest BCUT2D eigenvalue weighted by atomic mass is 79.9. The molecule has 0 bridgehead atoms. The number of halogens is 2. The third-order valence-corrected chi connectivity index (χ3v) is 2.95. The van der Waals surface area contributed by atoms with Crippen LogP contribution in [0.4, 0.5) is 0 Å². The van der Waals surface area contributed by atoms with E-state index < -0.39 is 0 Å². The Morgan fingerprint density at radius 3 is 2.71 bits per heavy atom. The van der Waals surface area contributed by atoms with Gasteiger partial charge in [-0.25, -0.2) is 0 Å². The average molecular weight is 325 g/mol. The van der Waals surface area contributed by atoms with E-state index in [4.69, 9.17) is 4.74 Å².